The van der Waals surface area contributed by atoms with Gasteiger partial charge >= 0.3 is 0 Å². The summed E-state index contributed by atoms with van der Waals surface area (Å²) >= 11 is 0. The number of benzene rings is 2. The number of aromatic nitrogens is 5. The van der Waals surface area contributed by atoms with Crippen molar-refractivity contribution in [3.63, 3.8) is 0 Å². The maximum Gasteiger partial charge on any atom is 0.255 e. The molecule has 0 radical (unpaired) electrons. The fourth-order valence-electron chi connectivity index (χ4n) is 2.70. The molecule has 7 heteroatoms. The average Bonchev–Trinajstić information content (AvgIpc) is 3.34. The van der Waals surface area contributed by atoms with E-state index >= 15 is 0 Å². The second kappa shape index (κ2) is 6.64. The van der Waals surface area contributed by atoms with Crippen LogP contribution in [-0.2, 0) is 0 Å². The molecule has 2 aromatic heterocycles. The van der Waals surface area contributed by atoms with E-state index in [0.717, 1.165) is 16.9 Å². The minimum Gasteiger partial charge on any atom is -0.319 e. The molecule has 0 spiro atoms. The van der Waals surface area contributed by atoms with Gasteiger partial charge in [0.25, 0.3) is 5.91 Å². The standard InChI is InChI=1S/C19H16N6O/c1-14-9-15(7-8-18(14)25-13-20-12-22-25)19(26)23-16-10-21-24(11-16)17-5-3-2-4-6-17/h2-13H,1H3,(H,23,26). The first-order valence-corrected chi connectivity index (χ1v) is 8.08. The molecule has 2 heterocycles. The van der Waals surface area contributed by atoms with Crippen LogP contribution in [0, 0.1) is 6.92 Å². The number of para-hydroxylation sites is 1. The van der Waals surface area contributed by atoms with Crippen molar-refractivity contribution in [3.8, 4) is 11.4 Å². The predicted octanol–water partition coefficient (Wildman–Crippen LogP) is 3.01. The Labute approximate surface area is 149 Å². The van der Waals surface area contributed by atoms with E-state index in [4.69, 9.17) is 0 Å². The van der Waals surface area contributed by atoms with Gasteiger partial charge in [-0.1, -0.05) is 18.2 Å². The molecule has 0 saturated heterocycles. The molecule has 4 rings (SSSR count). The van der Waals surface area contributed by atoms with E-state index in [-0.39, 0.29) is 5.91 Å². The fraction of sp³-hybridized carbons (Fsp3) is 0.0526. The first-order chi connectivity index (χ1) is 12.7. The number of hydrogen-bond acceptors (Lipinski definition) is 4. The van der Waals surface area contributed by atoms with Crippen LogP contribution in [0.1, 0.15) is 15.9 Å². The Hall–Kier alpha value is -3.74. The topological polar surface area (TPSA) is 77.6 Å². The number of nitrogens with one attached hydrogen (secondary N) is 1. The highest BCUT2D eigenvalue weighted by Gasteiger charge is 2.11. The van der Waals surface area contributed by atoms with Crippen LogP contribution in [0.5, 0.6) is 0 Å². The third-order valence-corrected chi connectivity index (χ3v) is 3.99. The zero-order valence-electron chi connectivity index (χ0n) is 14.1. The van der Waals surface area contributed by atoms with Crippen molar-refractivity contribution in [1.82, 2.24) is 24.5 Å². The lowest BCUT2D eigenvalue weighted by atomic mass is 10.1. The first kappa shape index (κ1) is 15.8. The average molecular weight is 344 g/mol. The van der Waals surface area contributed by atoms with Gasteiger partial charge in [0.15, 0.2) is 0 Å². The summed E-state index contributed by atoms with van der Waals surface area (Å²) < 4.78 is 3.38. The lowest BCUT2D eigenvalue weighted by Crippen LogP contribution is -2.12. The molecule has 0 aliphatic heterocycles. The van der Waals surface area contributed by atoms with Crippen molar-refractivity contribution in [2.45, 2.75) is 6.92 Å². The summed E-state index contributed by atoms with van der Waals surface area (Å²) in [5, 5.41) is 11.3. The minimum absolute atomic E-state index is 0.189. The lowest BCUT2D eigenvalue weighted by Gasteiger charge is -2.08. The Morgan fingerprint density at radius 1 is 1.04 bits per heavy atom. The van der Waals surface area contributed by atoms with Gasteiger partial charge in [-0.2, -0.15) is 10.2 Å². The van der Waals surface area contributed by atoms with Crippen LogP contribution in [0.2, 0.25) is 0 Å². The fourth-order valence-corrected chi connectivity index (χ4v) is 2.70. The van der Waals surface area contributed by atoms with Gasteiger partial charge in [0, 0.05) is 5.56 Å². The minimum atomic E-state index is -0.189. The SMILES string of the molecule is Cc1cc(C(=O)Nc2cnn(-c3ccccc3)c2)ccc1-n1cncn1. The molecule has 0 atom stereocenters. The molecule has 0 aliphatic carbocycles. The van der Waals surface area contributed by atoms with Gasteiger partial charge in [-0.3, -0.25) is 4.79 Å². The molecular weight excluding hydrogens is 328 g/mol. The molecule has 0 fully saturated rings. The van der Waals surface area contributed by atoms with Crippen LogP contribution < -0.4 is 5.32 Å². The molecule has 0 aliphatic rings. The molecule has 1 N–H and O–H groups in total. The summed E-state index contributed by atoms with van der Waals surface area (Å²) in [7, 11) is 0. The van der Waals surface area contributed by atoms with E-state index in [0.29, 0.717) is 11.3 Å². The Morgan fingerprint density at radius 3 is 2.62 bits per heavy atom. The molecule has 0 bridgehead atoms. The molecule has 0 unspecified atom stereocenters. The van der Waals surface area contributed by atoms with Gasteiger partial charge in [0.1, 0.15) is 12.7 Å². The monoisotopic (exact) mass is 344 g/mol. The predicted molar refractivity (Wildman–Crippen MR) is 97.6 cm³/mol. The van der Waals surface area contributed by atoms with Crippen LogP contribution in [0.4, 0.5) is 5.69 Å². The number of aryl methyl sites for hydroxylation is 1. The zero-order valence-corrected chi connectivity index (χ0v) is 14.1. The van der Waals surface area contributed by atoms with E-state index in [1.54, 1.807) is 34.2 Å². The summed E-state index contributed by atoms with van der Waals surface area (Å²) in [5.74, 6) is -0.189. The quantitative estimate of drug-likeness (QED) is 0.617. The van der Waals surface area contributed by atoms with Crippen LogP contribution in [0.3, 0.4) is 0 Å². The van der Waals surface area contributed by atoms with Gasteiger partial charge in [-0.15, -0.1) is 0 Å². The van der Waals surface area contributed by atoms with Gasteiger partial charge in [0.2, 0.25) is 0 Å². The molecule has 4 aromatic rings. The molecule has 2 aromatic carbocycles. The maximum atomic E-state index is 12.5. The highest BCUT2D eigenvalue weighted by atomic mass is 16.1. The Balaban J connectivity index is 1.52. The molecule has 26 heavy (non-hydrogen) atoms. The zero-order chi connectivity index (χ0) is 17.9. The van der Waals surface area contributed by atoms with Crippen LogP contribution >= 0.6 is 0 Å². The summed E-state index contributed by atoms with van der Waals surface area (Å²) in [5.41, 5.74) is 3.95. The molecule has 0 saturated carbocycles. The van der Waals surface area contributed by atoms with Gasteiger partial charge < -0.3 is 5.32 Å². The van der Waals surface area contributed by atoms with Gasteiger partial charge in [-0.25, -0.2) is 14.3 Å². The number of nitrogens with zero attached hydrogens (tertiary/aromatic N) is 5. The van der Waals surface area contributed by atoms with Crippen molar-refractivity contribution < 1.29 is 4.79 Å². The lowest BCUT2D eigenvalue weighted by molar-refractivity contribution is 0.102. The first-order valence-electron chi connectivity index (χ1n) is 8.08. The van der Waals surface area contributed by atoms with Gasteiger partial charge in [0.05, 0.1) is 29.5 Å². The summed E-state index contributed by atoms with van der Waals surface area (Å²) in [4.78, 5) is 16.5. The number of carbonyl (C=O) groups excluding carboxylic acids is 1. The normalized spacial score (nSPS) is 10.7. The molecule has 128 valence electrons. The number of hydrogen-bond donors (Lipinski definition) is 1. The molecule has 7 nitrogen and oxygen atoms in total. The van der Waals surface area contributed by atoms with Crippen molar-refractivity contribution in [3.05, 3.63) is 84.7 Å². The van der Waals surface area contributed by atoms with E-state index in [9.17, 15) is 4.79 Å². The van der Waals surface area contributed by atoms with Crippen molar-refractivity contribution in [2.24, 2.45) is 0 Å². The second-order valence-corrected chi connectivity index (χ2v) is 5.80. The molecular formula is C19H16N6O. The van der Waals surface area contributed by atoms with Crippen molar-refractivity contribution >= 4 is 11.6 Å². The summed E-state index contributed by atoms with van der Waals surface area (Å²) in [6.45, 7) is 1.93. The van der Waals surface area contributed by atoms with E-state index in [1.807, 2.05) is 49.4 Å². The van der Waals surface area contributed by atoms with E-state index in [1.165, 1.54) is 6.33 Å². The van der Waals surface area contributed by atoms with Gasteiger partial charge in [-0.05, 0) is 42.8 Å². The third kappa shape index (κ3) is 3.10. The Kier molecular flexibility index (Phi) is 4.03. The Bertz CT molecular complexity index is 1040. The molecule has 1 amide bonds. The number of amides is 1. The van der Waals surface area contributed by atoms with Crippen molar-refractivity contribution in [1.29, 1.82) is 0 Å². The Morgan fingerprint density at radius 2 is 1.88 bits per heavy atom. The third-order valence-electron chi connectivity index (χ3n) is 3.99. The summed E-state index contributed by atoms with van der Waals surface area (Å²) in [6.07, 6.45) is 6.51. The van der Waals surface area contributed by atoms with Crippen LogP contribution in [0.15, 0.2) is 73.6 Å². The van der Waals surface area contributed by atoms with Crippen LogP contribution in [-0.4, -0.2) is 30.5 Å². The van der Waals surface area contributed by atoms with Crippen molar-refractivity contribution in [2.75, 3.05) is 5.32 Å². The largest absolute Gasteiger partial charge is 0.319 e. The highest BCUT2D eigenvalue weighted by Crippen LogP contribution is 2.17. The number of anilines is 1. The van der Waals surface area contributed by atoms with E-state index < -0.39 is 0 Å². The highest BCUT2D eigenvalue weighted by molar-refractivity contribution is 6.04. The number of carbonyl (C=O) groups is 1. The smallest absolute Gasteiger partial charge is 0.255 e. The second-order valence-electron chi connectivity index (χ2n) is 5.80. The maximum absolute atomic E-state index is 12.5. The van der Waals surface area contributed by atoms with Crippen LogP contribution in [0.25, 0.3) is 11.4 Å². The summed E-state index contributed by atoms with van der Waals surface area (Å²) in [6, 6.07) is 15.2. The van der Waals surface area contributed by atoms with E-state index in [2.05, 4.69) is 20.5 Å². The number of rotatable bonds is 4.